The number of rotatable bonds is 5. The van der Waals surface area contributed by atoms with Crippen LogP contribution in [0.1, 0.15) is 26.3 Å². The Labute approximate surface area is 127 Å². The largest absolute Gasteiger partial charge is 0.387 e. The monoisotopic (exact) mass is 290 g/mol. The Morgan fingerprint density at radius 3 is 2.52 bits per heavy atom. The molecule has 1 N–H and O–H groups in total. The topological polar surface area (TPSA) is 43.8 Å². The van der Waals surface area contributed by atoms with Gasteiger partial charge in [0.25, 0.3) is 0 Å². The van der Waals surface area contributed by atoms with Crippen molar-refractivity contribution in [1.82, 2.24) is 4.90 Å². The normalized spacial score (nSPS) is 17.6. The first-order valence-electron chi connectivity index (χ1n) is 7.68. The molecule has 0 atom stereocenters. The lowest BCUT2D eigenvalue weighted by atomic mass is 9.83. The minimum atomic E-state index is -0.625. The quantitative estimate of drug-likeness (QED) is 0.902. The zero-order chi connectivity index (χ0) is 15.6. The van der Waals surface area contributed by atoms with E-state index in [1.54, 1.807) is 0 Å². The molecule has 1 aromatic carbocycles. The lowest BCUT2D eigenvalue weighted by Gasteiger charge is -2.49. The minimum absolute atomic E-state index is 0.0950. The zero-order valence-electron chi connectivity index (χ0n) is 13.5. The summed E-state index contributed by atoms with van der Waals surface area (Å²) in [5.74, 6) is 0.320. The molecule has 1 heterocycles. The smallest absolute Gasteiger partial charge is 0.241 e. The van der Waals surface area contributed by atoms with Crippen LogP contribution in [0.5, 0.6) is 0 Å². The van der Waals surface area contributed by atoms with E-state index in [-0.39, 0.29) is 11.8 Å². The van der Waals surface area contributed by atoms with Crippen molar-refractivity contribution >= 4 is 11.6 Å². The van der Waals surface area contributed by atoms with Gasteiger partial charge in [-0.2, -0.15) is 0 Å². The number of hydrogen-bond donors (Lipinski definition) is 1. The van der Waals surface area contributed by atoms with Gasteiger partial charge in [-0.1, -0.05) is 32.0 Å². The standard InChI is InChI=1S/C17H26N2O2/c1-5-19(15-9-7-6-8-14(15)4)16(20)10-18-11-17(21,12-18)13(2)3/h6-9,13,21H,5,10-12H2,1-4H3. The molecule has 4 heteroatoms. The number of likely N-dealkylation sites (tertiary alicyclic amines) is 1. The highest BCUT2D eigenvalue weighted by Crippen LogP contribution is 2.28. The van der Waals surface area contributed by atoms with Crippen molar-refractivity contribution in [2.75, 3.05) is 31.1 Å². The van der Waals surface area contributed by atoms with E-state index in [0.717, 1.165) is 11.3 Å². The average molecular weight is 290 g/mol. The molecule has 4 nitrogen and oxygen atoms in total. The summed E-state index contributed by atoms with van der Waals surface area (Å²) in [4.78, 5) is 16.4. The second kappa shape index (κ2) is 6.16. The number of hydrogen-bond acceptors (Lipinski definition) is 3. The summed E-state index contributed by atoms with van der Waals surface area (Å²) in [6.07, 6.45) is 0. The van der Waals surface area contributed by atoms with E-state index in [9.17, 15) is 9.90 Å². The first-order valence-corrected chi connectivity index (χ1v) is 7.68. The van der Waals surface area contributed by atoms with E-state index < -0.39 is 5.60 Å². The van der Waals surface area contributed by atoms with Gasteiger partial charge in [-0.05, 0) is 31.4 Å². The molecular weight excluding hydrogens is 264 g/mol. The van der Waals surface area contributed by atoms with Gasteiger partial charge in [0.15, 0.2) is 0 Å². The second-order valence-electron chi connectivity index (χ2n) is 6.33. The van der Waals surface area contributed by atoms with E-state index in [1.807, 2.05) is 61.8 Å². The van der Waals surface area contributed by atoms with Crippen LogP contribution >= 0.6 is 0 Å². The van der Waals surface area contributed by atoms with Gasteiger partial charge in [0, 0.05) is 25.3 Å². The highest BCUT2D eigenvalue weighted by atomic mass is 16.3. The fourth-order valence-corrected chi connectivity index (χ4v) is 2.83. The van der Waals surface area contributed by atoms with Crippen LogP contribution in [0.15, 0.2) is 24.3 Å². The summed E-state index contributed by atoms with van der Waals surface area (Å²) >= 11 is 0. The SMILES string of the molecule is CCN(C(=O)CN1CC(O)(C(C)C)C1)c1ccccc1C. The molecule has 0 saturated carbocycles. The van der Waals surface area contributed by atoms with Crippen molar-refractivity contribution < 1.29 is 9.90 Å². The van der Waals surface area contributed by atoms with Crippen LogP contribution in [0.2, 0.25) is 0 Å². The third kappa shape index (κ3) is 3.27. The van der Waals surface area contributed by atoms with E-state index in [1.165, 1.54) is 0 Å². The van der Waals surface area contributed by atoms with Gasteiger partial charge in [0.05, 0.1) is 12.1 Å². The summed E-state index contributed by atoms with van der Waals surface area (Å²) in [6.45, 7) is 10.2. The number of carbonyl (C=O) groups excluding carboxylic acids is 1. The van der Waals surface area contributed by atoms with Gasteiger partial charge in [-0.25, -0.2) is 0 Å². The summed E-state index contributed by atoms with van der Waals surface area (Å²) < 4.78 is 0. The first-order chi connectivity index (χ1) is 9.87. The molecular formula is C17H26N2O2. The van der Waals surface area contributed by atoms with Crippen molar-refractivity contribution in [3.63, 3.8) is 0 Å². The highest BCUT2D eigenvalue weighted by molar-refractivity contribution is 5.95. The molecule has 0 aliphatic carbocycles. The number of anilines is 1. The Morgan fingerprint density at radius 2 is 2.00 bits per heavy atom. The fourth-order valence-electron chi connectivity index (χ4n) is 2.83. The molecule has 1 saturated heterocycles. The Bertz CT molecular complexity index is 507. The maximum Gasteiger partial charge on any atom is 0.241 e. The summed E-state index contributed by atoms with van der Waals surface area (Å²) in [5.41, 5.74) is 1.46. The number of aliphatic hydroxyl groups is 1. The first kappa shape index (κ1) is 16.0. The van der Waals surface area contributed by atoms with Gasteiger partial charge in [-0.3, -0.25) is 9.69 Å². The molecule has 0 aromatic heterocycles. The number of nitrogens with zero attached hydrogens (tertiary/aromatic N) is 2. The van der Waals surface area contributed by atoms with Crippen molar-refractivity contribution in [2.45, 2.75) is 33.3 Å². The average Bonchev–Trinajstić information content (AvgIpc) is 2.39. The third-order valence-electron chi connectivity index (χ3n) is 4.45. The van der Waals surface area contributed by atoms with Crippen LogP contribution in [-0.2, 0) is 4.79 Å². The van der Waals surface area contributed by atoms with Crippen molar-refractivity contribution in [3.05, 3.63) is 29.8 Å². The predicted molar refractivity (Wildman–Crippen MR) is 85.4 cm³/mol. The number of likely N-dealkylation sites (N-methyl/N-ethyl adjacent to an activating group) is 1. The summed E-state index contributed by atoms with van der Waals surface area (Å²) in [6, 6.07) is 7.94. The third-order valence-corrected chi connectivity index (χ3v) is 4.45. The van der Waals surface area contributed by atoms with Crippen molar-refractivity contribution in [2.24, 2.45) is 5.92 Å². The van der Waals surface area contributed by atoms with Gasteiger partial charge >= 0.3 is 0 Å². The van der Waals surface area contributed by atoms with Crippen LogP contribution in [0, 0.1) is 12.8 Å². The number of aryl methyl sites for hydroxylation is 1. The maximum atomic E-state index is 12.5. The molecule has 1 aliphatic rings. The lowest BCUT2D eigenvalue weighted by Crippen LogP contribution is -2.65. The molecule has 1 aromatic rings. The molecule has 0 radical (unpaired) electrons. The Hall–Kier alpha value is -1.39. The van der Waals surface area contributed by atoms with Crippen LogP contribution in [0.3, 0.4) is 0 Å². The van der Waals surface area contributed by atoms with Crippen LogP contribution in [0.4, 0.5) is 5.69 Å². The van der Waals surface area contributed by atoms with Crippen LogP contribution in [0.25, 0.3) is 0 Å². The molecule has 116 valence electrons. The van der Waals surface area contributed by atoms with Gasteiger partial charge in [0.1, 0.15) is 0 Å². The molecule has 0 spiro atoms. The molecule has 0 bridgehead atoms. The number of carbonyl (C=O) groups is 1. The Kier molecular flexibility index (Phi) is 4.69. The second-order valence-corrected chi connectivity index (χ2v) is 6.33. The van der Waals surface area contributed by atoms with Gasteiger partial charge in [-0.15, -0.1) is 0 Å². The molecule has 1 fully saturated rings. The van der Waals surface area contributed by atoms with Crippen LogP contribution in [-0.4, -0.2) is 47.7 Å². The van der Waals surface area contributed by atoms with E-state index >= 15 is 0 Å². The number of para-hydroxylation sites is 1. The molecule has 0 unspecified atom stereocenters. The predicted octanol–water partition coefficient (Wildman–Crippen LogP) is 2.05. The molecule has 2 rings (SSSR count). The minimum Gasteiger partial charge on any atom is -0.387 e. The number of β-amino-alcohol motifs (C(OH)–C–C–N with tert-alkyl or cyclic N) is 1. The fraction of sp³-hybridized carbons (Fsp3) is 0.588. The molecule has 1 amide bonds. The zero-order valence-corrected chi connectivity index (χ0v) is 13.5. The highest BCUT2D eigenvalue weighted by Gasteiger charge is 2.44. The Morgan fingerprint density at radius 1 is 1.38 bits per heavy atom. The van der Waals surface area contributed by atoms with Crippen molar-refractivity contribution in [1.29, 1.82) is 0 Å². The number of benzene rings is 1. The van der Waals surface area contributed by atoms with Gasteiger partial charge < -0.3 is 10.0 Å². The molecule has 21 heavy (non-hydrogen) atoms. The van der Waals surface area contributed by atoms with E-state index in [0.29, 0.717) is 26.2 Å². The Balaban J connectivity index is 1.99. The van der Waals surface area contributed by atoms with E-state index in [4.69, 9.17) is 0 Å². The summed E-state index contributed by atoms with van der Waals surface area (Å²) in [5, 5.41) is 10.3. The molecule has 1 aliphatic heterocycles. The lowest BCUT2D eigenvalue weighted by molar-refractivity contribution is -0.140. The summed E-state index contributed by atoms with van der Waals surface area (Å²) in [7, 11) is 0. The van der Waals surface area contributed by atoms with Crippen LogP contribution < -0.4 is 4.90 Å². The van der Waals surface area contributed by atoms with E-state index in [2.05, 4.69) is 0 Å². The van der Waals surface area contributed by atoms with Gasteiger partial charge in [0.2, 0.25) is 5.91 Å². The number of amides is 1. The maximum absolute atomic E-state index is 12.5. The van der Waals surface area contributed by atoms with Crippen molar-refractivity contribution in [3.8, 4) is 0 Å².